The zero-order valence-corrected chi connectivity index (χ0v) is 12.7. The van der Waals surface area contributed by atoms with E-state index in [9.17, 15) is 4.79 Å². The highest BCUT2D eigenvalue weighted by Gasteiger charge is 2.33. The van der Waals surface area contributed by atoms with E-state index in [-0.39, 0.29) is 23.1 Å². The van der Waals surface area contributed by atoms with Gasteiger partial charge in [-0.05, 0) is 12.1 Å². The molecule has 0 unspecified atom stereocenters. The molecule has 3 aromatic rings. The van der Waals surface area contributed by atoms with Crippen molar-refractivity contribution in [3.05, 3.63) is 47.6 Å². The lowest BCUT2D eigenvalue weighted by atomic mass is 10.1. The molecule has 0 saturated carbocycles. The molecular weight excluding hydrogens is 320 g/mol. The average Bonchev–Trinajstić information content (AvgIpc) is 3.24. The molecule has 1 N–H and O–H groups in total. The first-order valence-electron chi connectivity index (χ1n) is 7.11. The maximum absolute atomic E-state index is 12.7. The van der Waals surface area contributed by atoms with Gasteiger partial charge in [0.15, 0.2) is 10.8 Å². The van der Waals surface area contributed by atoms with Gasteiger partial charge in [0.25, 0.3) is 5.91 Å². The largest absolute Gasteiger partial charge is 0.377 e. The van der Waals surface area contributed by atoms with Crippen LogP contribution in [-0.4, -0.2) is 49.5 Å². The van der Waals surface area contributed by atoms with Crippen LogP contribution in [0.3, 0.4) is 0 Å². The predicted octanol–water partition coefficient (Wildman–Crippen LogP) is 0.949. The van der Waals surface area contributed by atoms with Crippen LogP contribution in [0.2, 0.25) is 5.15 Å². The summed E-state index contributed by atoms with van der Waals surface area (Å²) in [4.78, 5) is 16.8. The Morgan fingerprint density at radius 2 is 2.26 bits per heavy atom. The third-order valence-electron chi connectivity index (χ3n) is 3.85. The number of halogens is 1. The summed E-state index contributed by atoms with van der Waals surface area (Å²) in [6.45, 7) is 0.875. The second-order valence-electron chi connectivity index (χ2n) is 5.25. The van der Waals surface area contributed by atoms with Gasteiger partial charge in [0.1, 0.15) is 5.65 Å². The normalized spacial score (nSPS) is 20.9. The molecule has 1 fully saturated rings. The van der Waals surface area contributed by atoms with Crippen molar-refractivity contribution in [2.75, 3.05) is 13.2 Å². The lowest BCUT2D eigenvalue weighted by molar-refractivity contribution is 0.0919. The molecule has 0 bridgehead atoms. The Kier molecular flexibility index (Phi) is 3.47. The summed E-state index contributed by atoms with van der Waals surface area (Å²) in [5.74, 6) is -0.297. The second kappa shape index (κ2) is 5.64. The number of carbonyl (C=O) groups is 1. The average molecular weight is 333 g/mol. The Balaban J connectivity index is 1.61. The molecule has 0 aromatic carbocycles. The van der Waals surface area contributed by atoms with Crippen LogP contribution >= 0.6 is 11.6 Å². The van der Waals surface area contributed by atoms with Crippen LogP contribution in [0.4, 0.5) is 0 Å². The monoisotopic (exact) mass is 332 g/mol. The number of amides is 1. The zero-order chi connectivity index (χ0) is 15.8. The number of ether oxygens (including phenoxy) is 1. The van der Waals surface area contributed by atoms with Crippen molar-refractivity contribution >= 4 is 23.2 Å². The van der Waals surface area contributed by atoms with E-state index in [1.165, 1.54) is 0 Å². The maximum atomic E-state index is 12.7. The summed E-state index contributed by atoms with van der Waals surface area (Å²) >= 11 is 6.13. The molecule has 1 aliphatic rings. The molecule has 118 valence electrons. The van der Waals surface area contributed by atoms with Crippen LogP contribution in [-0.2, 0) is 4.74 Å². The van der Waals surface area contributed by atoms with E-state index in [0.29, 0.717) is 24.6 Å². The van der Waals surface area contributed by atoms with Crippen molar-refractivity contribution < 1.29 is 9.53 Å². The highest BCUT2D eigenvalue weighted by atomic mass is 35.5. The van der Waals surface area contributed by atoms with E-state index in [4.69, 9.17) is 16.3 Å². The molecule has 2 atom stereocenters. The van der Waals surface area contributed by atoms with Crippen LogP contribution in [0.25, 0.3) is 5.65 Å². The maximum Gasteiger partial charge on any atom is 0.271 e. The summed E-state index contributed by atoms with van der Waals surface area (Å²) in [7, 11) is 0. The number of imidazole rings is 1. The van der Waals surface area contributed by atoms with E-state index in [1.54, 1.807) is 33.7 Å². The molecule has 0 aliphatic carbocycles. The van der Waals surface area contributed by atoms with Crippen molar-refractivity contribution in [2.24, 2.45) is 0 Å². The second-order valence-corrected chi connectivity index (χ2v) is 5.61. The summed E-state index contributed by atoms with van der Waals surface area (Å²) in [6, 6.07) is 5.14. The summed E-state index contributed by atoms with van der Waals surface area (Å²) in [5, 5.41) is 10.9. The van der Waals surface area contributed by atoms with Crippen molar-refractivity contribution in [3.8, 4) is 0 Å². The van der Waals surface area contributed by atoms with E-state index in [1.807, 2.05) is 12.1 Å². The van der Waals surface area contributed by atoms with Crippen LogP contribution < -0.4 is 5.32 Å². The fourth-order valence-electron chi connectivity index (χ4n) is 2.74. The van der Waals surface area contributed by atoms with Crippen LogP contribution in [0.5, 0.6) is 0 Å². The number of rotatable bonds is 3. The van der Waals surface area contributed by atoms with E-state index >= 15 is 0 Å². The fourth-order valence-corrected chi connectivity index (χ4v) is 3.01. The van der Waals surface area contributed by atoms with E-state index in [0.717, 1.165) is 0 Å². The lowest BCUT2D eigenvalue weighted by Crippen LogP contribution is -2.41. The Morgan fingerprint density at radius 3 is 3.09 bits per heavy atom. The van der Waals surface area contributed by atoms with Gasteiger partial charge in [-0.25, -0.2) is 9.67 Å². The van der Waals surface area contributed by atoms with Gasteiger partial charge in [-0.3, -0.25) is 9.20 Å². The standard InChI is InChI=1S/C14H13ClN6O2/c15-13-12(20-5-2-1-3-11(20)18-13)14(22)17-9-7-23-8-10(9)21-6-4-16-19-21/h1-6,9-10H,7-8H2,(H,17,22)/t9-,10+/m0/s1. The highest BCUT2D eigenvalue weighted by Crippen LogP contribution is 2.21. The number of nitrogens with zero attached hydrogens (tertiary/aromatic N) is 5. The molecule has 0 radical (unpaired) electrons. The zero-order valence-electron chi connectivity index (χ0n) is 12.0. The van der Waals surface area contributed by atoms with Crippen molar-refractivity contribution in [3.63, 3.8) is 0 Å². The predicted molar refractivity (Wildman–Crippen MR) is 81.3 cm³/mol. The number of aromatic nitrogens is 5. The third-order valence-corrected chi connectivity index (χ3v) is 4.11. The van der Waals surface area contributed by atoms with Crippen molar-refractivity contribution in [1.82, 2.24) is 29.7 Å². The molecule has 9 heteroatoms. The molecule has 23 heavy (non-hydrogen) atoms. The molecule has 4 heterocycles. The number of carbonyl (C=O) groups excluding carboxylic acids is 1. The number of fused-ring (bicyclic) bond motifs is 1. The Bertz CT molecular complexity index is 846. The van der Waals surface area contributed by atoms with Crippen molar-refractivity contribution in [1.29, 1.82) is 0 Å². The Labute approximate surface area is 136 Å². The number of hydrogen-bond donors (Lipinski definition) is 1. The number of hydrogen-bond acceptors (Lipinski definition) is 5. The SMILES string of the molecule is O=C(N[C@H]1COC[C@H]1n1ccnn1)c1c(Cl)nc2ccccn12. The topological polar surface area (TPSA) is 86.3 Å². The van der Waals surface area contributed by atoms with Gasteiger partial charge in [0.05, 0.1) is 31.5 Å². The van der Waals surface area contributed by atoms with Gasteiger partial charge in [0, 0.05) is 12.4 Å². The first-order valence-corrected chi connectivity index (χ1v) is 7.49. The molecule has 4 rings (SSSR count). The van der Waals surface area contributed by atoms with Gasteiger partial charge in [-0.1, -0.05) is 22.9 Å². The summed E-state index contributed by atoms with van der Waals surface area (Å²) in [5.41, 5.74) is 0.935. The third kappa shape index (κ3) is 2.45. The molecule has 1 aliphatic heterocycles. The minimum atomic E-state index is -0.297. The molecule has 3 aromatic heterocycles. The molecule has 1 saturated heterocycles. The molecule has 0 spiro atoms. The first kappa shape index (κ1) is 14.2. The van der Waals surface area contributed by atoms with Gasteiger partial charge in [0.2, 0.25) is 0 Å². The van der Waals surface area contributed by atoms with Gasteiger partial charge in [-0.2, -0.15) is 0 Å². The Hall–Kier alpha value is -2.45. The summed E-state index contributed by atoms with van der Waals surface area (Å²) in [6.07, 6.45) is 5.10. The van der Waals surface area contributed by atoms with Gasteiger partial charge in [-0.15, -0.1) is 5.10 Å². The summed E-state index contributed by atoms with van der Waals surface area (Å²) < 4.78 is 8.82. The van der Waals surface area contributed by atoms with Gasteiger partial charge >= 0.3 is 0 Å². The quantitative estimate of drug-likeness (QED) is 0.771. The minimum Gasteiger partial charge on any atom is -0.377 e. The van der Waals surface area contributed by atoms with E-state index in [2.05, 4.69) is 20.6 Å². The highest BCUT2D eigenvalue weighted by molar-refractivity contribution is 6.32. The van der Waals surface area contributed by atoms with E-state index < -0.39 is 0 Å². The van der Waals surface area contributed by atoms with Crippen LogP contribution in [0.15, 0.2) is 36.8 Å². The first-order chi connectivity index (χ1) is 11.2. The lowest BCUT2D eigenvalue weighted by Gasteiger charge is -2.18. The smallest absolute Gasteiger partial charge is 0.271 e. The van der Waals surface area contributed by atoms with Gasteiger partial charge < -0.3 is 10.1 Å². The number of pyridine rings is 1. The Morgan fingerprint density at radius 1 is 1.35 bits per heavy atom. The molecular formula is C14H13ClN6O2. The molecule has 8 nitrogen and oxygen atoms in total. The van der Waals surface area contributed by atoms with Crippen LogP contribution in [0, 0.1) is 0 Å². The fraction of sp³-hybridized carbons (Fsp3) is 0.286. The minimum absolute atomic E-state index is 0.0978. The van der Waals surface area contributed by atoms with Crippen molar-refractivity contribution in [2.45, 2.75) is 12.1 Å². The molecule has 1 amide bonds. The van der Waals surface area contributed by atoms with Crippen LogP contribution in [0.1, 0.15) is 16.5 Å². The number of nitrogens with one attached hydrogen (secondary N) is 1.